The third-order valence-corrected chi connectivity index (χ3v) is 6.30. The van der Waals surface area contributed by atoms with E-state index in [1.54, 1.807) is 4.68 Å². The van der Waals surface area contributed by atoms with E-state index in [0.717, 1.165) is 25.2 Å². The van der Waals surface area contributed by atoms with Crippen LogP contribution in [0.4, 0.5) is 0 Å². The molecule has 0 unspecified atom stereocenters. The molecule has 3 heterocycles. The average Bonchev–Trinajstić information content (AvgIpc) is 3.29. The number of hydrogen-bond acceptors (Lipinski definition) is 3. The van der Waals surface area contributed by atoms with Gasteiger partial charge >= 0.3 is 0 Å². The fraction of sp³-hybridized carbons (Fsp3) is 0.565. The van der Waals surface area contributed by atoms with Gasteiger partial charge in [0.25, 0.3) is 5.91 Å². The highest BCUT2D eigenvalue weighted by Gasteiger charge is 2.30. The van der Waals surface area contributed by atoms with Crippen LogP contribution >= 0.6 is 0 Å². The van der Waals surface area contributed by atoms with Gasteiger partial charge in [0.15, 0.2) is 5.69 Å². The molecule has 2 aliphatic rings. The highest BCUT2D eigenvalue weighted by molar-refractivity contribution is 5.92. The molecule has 28 heavy (non-hydrogen) atoms. The minimum atomic E-state index is 0.0413. The van der Waals surface area contributed by atoms with Crippen LogP contribution in [0.25, 0.3) is 0 Å². The molecular weight excluding hydrogens is 348 g/mol. The van der Waals surface area contributed by atoms with Gasteiger partial charge in [0.2, 0.25) is 0 Å². The topological polar surface area (TPSA) is 50.2 Å². The normalized spacial score (nSPS) is 19.8. The molecule has 0 saturated carbocycles. The maximum absolute atomic E-state index is 13.1. The average molecular weight is 381 g/mol. The Morgan fingerprint density at radius 3 is 2.64 bits per heavy atom. The fourth-order valence-electron chi connectivity index (χ4n) is 4.39. The van der Waals surface area contributed by atoms with Gasteiger partial charge in [0, 0.05) is 31.9 Å². The van der Waals surface area contributed by atoms with Gasteiger partial charge in [0.05, 0.1) is 0 Å². The van der Waals surface area contributed by atoms with Crippen molar-refractivity contribution >= 4 is 5.91 Å². The van der Waals surface area contributed by atoms with Crippen LogP contribution < -0.4 is 5.32 Å². The number of nitrogens with one attached hydrogen (secondary N) is 1. The number of hydrogen-bond donors (Lipinski definition) is 1. The second-order valence-corrected chi connectivity index (χ2v) is 9.37. The largest absolute Gasteiger partial charge is 0.333 e. The number of carbonyl (C=O) groups excluding carboxylic acids is 1. The number of amides is 1. The van der Waals surface area contributed by atoms with Crippen molar-refractivity contribution in [2.24, 2.45) is 7.05 Å². The molecule has 0 spiro atoms. The SMILES string of the molecule is Cc1cc(C(=O)N2CCc3cc(C(C)(C)C)cc([C@@H]4CCCN4)c3C2)nn1C. The summed E-state index contributed by atoms with van der Waals surface area (Å²) in [6, 6.07) is 7.06. The van der Waals surface area contributed by atoms with Gasteiger partial charge in [-0.05, 0) is 66.5 Å². The van der Waals surface area contributed by atoms with Crippen LogP contribution in [0, 0.1) is 6.92 Å². The summed E-state index contributed by atoms with van der Waals surface area (Å²) in [4.78, 5) is 15.0. The van der Waals surface area contributed by atoms with Crippen LogP contribution in [-0.4, -0.2) is 33.7 Å². The number of fused-ring (bicyclic) bond motifs is 1. The van der Waals surface area contributed by atoms with E-state index in [9.17, 15) is 4.79 Å². The fourth-order valence-corrected chi connectivity index (χ4v) is 4.39. The summed E-state index contributed by atoms with van der Waals surface area (Å²) in [6.07, 6.45) is 3.30. The Morgan fingerprint density at radius 1 is 1.25 bits per heavy atom. The van der Waals surface area contributed by atoms with Crippen LogP contribution in [-0.2, 0) is 25.4 Å². The third kappa shape index (κ3) is 3.48. The summed E-state index contributed by atoms with van der Waals surface area (Å²) >= 11 is 0. The summed E-state index contributed by atoms with van der Waals surface area (Å²) < 4.78 is 1.77. The number of carbonyl (C=O) groups is 1. The Balaban J connectivity index is 1.69. The molecule has 0 bridgehead atoms. The van der Waals surface area contributed by atoms with Crippen molar-refractivity contribution < 1.29 is 4.79 Å². The van der Waals surface area contributed by atoms with Crippen LogP contribution in [0.1, 0.15) is 78.1 Å². The number of benzene rings is 1. The molecule has 0 radical (unpaired) electrons. The summed E-state index contributed by atoms with van der Waals surface area (Å²) in [7, 11) is 1.88. The maximum Gasteiger partial charge on any atom is 0.274 e. The predicted molar refractivity (Wildman–Crippen MR) is 112 cm³/mol. The molecule has 150 valence electrons. The Morgan fingerprint density at radius 2 is 2.04 bits per heavy atom. The first kappa shape index (κ1) is 19.2. The smallest absolute Gasteiger partial charge is 0.274 e. The lowest BCUT2D eigenvalue weighted by atomic mass is 9.80. The minimum Gasteiger partial charge on any atom is -0.333 e. The Labute approximate surface area is 168 Å². The predicted octanol–water partition coefficient (Wildman–Crippen LogP) is 3.65. The van der Waals surface area contributed by atoms with E-state index in [4.69, 9.17) is 0 Å². The second-order valence-electron chi connectivity index (χ2n) is 9.37. The molecule has 1 aromatic heterocycles. The van der Waals surface area contributed by atoms with E-state index in [1.165, 1.54) is 35.1 Å². The first-order chi connectivity index (χ1) is 13.2. The van der Waals surface area contributed by atoms with Crippen molar-refractivity contribution in [1.29, 1.82) is 0 Å². The lowest BCUT2D eigenvalue weighted by molar-refractivity contribution is 0.0727. The van der Waals surface area contributed by atoms with Crippen molar-refractivity contribution in [1.82, 2.24) is 20.0 Å². The Kier molecular flexibility index (Phi) is 4.82. The first-order valence-corrected chi connectivity index (χ1v) is 10.4. The molecule has 1 fully saturated rings. The molecule has 5 heteroatoms. The molecule has 4 rings (SSSR count). The molecule has 1 aromatic carbocycles. The van der Waals surface area contributed by atoms with Crippen LogP contribution in [0.5, 0.6) is 0 Å². The lowest BCUT2D eigenvalue weighted by Crippen LogP contribution is -2.37. The molecule has 2 aliphatic heterocycles. The van der Waals surface area contributed by atoms with E-state index in [0.29, 0.717) is 18.3 Å². The number of aryl methyl sites for hydroxylation is 2. The van der Waals surface area contributed by atoms with Gasteiger partial charge < -0.3 is 10.2 Å². The summed E-state index contributed by atoms with van der Waals surface area (Å²) in [5, 5.41) is 8.07. The zero-order valence-electron chi connectivity index (χ0n) is 17.8. The highest BCUT2D eigenvalue weighted by atomic mass is 16.2. The van der Waals surface area contributed by atoms with Gasteiger partial charge in [-0.1, -0.05) is 32.9 Å². The summed E-state index contributed by atoms with van der Waals surface area (Å²) in [6.45, 7) is 11.3. The van der Waals surface area contributed by atoms with E-state index in [2.05, 4.69) is 43.3 Å². The first-order valence-electron chi connectivity index (χ1n) is 10.4. The minimum absolute atomic E-state index is 0.0413. The number of nitrogens with zero attached hydrogens (tertiary/aromatic N) is 3. The molecule has 1 amide bonds. The van der Waals surface area contributed by atoms with Gasteiger partial charge in [-0.3, -0.25) is 9.48 Å². The zero-order valence-corrected chi connectivity index (χ0v) is 17.8. The highest BCUT2D eigenvalue weighted by Crippen LogP contribution is 2.36. The van der Waals surface area contributed by atoms with Gasteiger partial charge in [0.1, 0.15) is 0 Å². The molecule has 1 N–H and O–H groups in total. The molecule has 5 nitrogen and oxygen atoms in total. The van der Waals surface area contributed by atoms with Crippen molar-refractivity contribution in [2.75, 3.05) is 13.1 Å². The second kappa shape index (κ2) is 7.03. The van der Waals surface area contributed by atoms with Gasteiger partial charge in [-0.15, -0.1) is 0 Å². The molecule has 0 aliphatic carbocycles. The molecular formula is C23H32N4O. The standard InChI is InChI=1S/C23H32N4O/c1-15-11-21(25-26(15)5)22(28)27-10-8-16-12-17(23(2,3)4)13-18(19(16)14-27)20-7-6-9-24-20/h11-13,20,24H,6-10,14H2,1-5H3/t20-/m0/s1. The summed E-state index contributed by atoms with van der Waals surface area (Å²) in [5.41, 5.74) is 7.24. The van der Waals surface area contributed by atoms with Crippen LogP contribution in [0.3, 0.4) is 0 Å². The number of rotatable bonds is 2. The van der Waals surface area contributed by atoms with Crippen molar-refractivity contribution in [2.45, 2.75) is 65.0 Å². The summed E-state index contributed by atoms with van der Waals surface area (Å²) in [5.74, 6) is 0.0413. The van der Waals surface area contributed by atoms with E-state index < -0.39 is 0 Å². The van der Waals surface area contributed by atoms with Crippen molar-refractivity contribution in [3.63, 3.8) is 0 Å². The zero-order chi connectivity index (χ0) is 20.1. The van der Waals surface area contributed by atoms with Crippen LogP contribution in [0.2, 0.25) is 0 Å². The molecule has 1 atom stereocenters. The Bertz CT molecular complexity index is 881. The molecule has 2 aromatic rings. The monoisotopic (exact) mass is 380 g/mol. The van der Waals surface area contributed by atoms with Gasteiger partial charge in [-0.2, -0.15) is 5.10 Å². The third-order valence-electron chi connectivity index (χ3n) is 6.30. The van der Waals surface area contributed by atoms with Gasteiger partial charge in [-0.25, -0.2) is 0 Å². The maximum atomic E-state index is 13.1. The lowest BCUT2D eigenvalue weighted by Gasteiger charge is -2.33. The van der Waals surface area contributed by atoms with E-state index >= 15 is 0 Å². The van der Waals surface area contributed by atoms with Crippen LogP contribution in [0.15, 0.2) is 18.2 Å². The van der Waals surface area contributed by atoms with Crippen molar-refractivity contribution in [3.8, 4) is 0 Å². The quantitative estimate of drug-likeness (QED) is 0.865. The van der Waals surface area contributed by atoms with E-state index in [1.807, 2.05) is 24.9 Å². The van der Waals surface area contributed by atoms with E-state index in [-0.39, 0.29) is 11.3 Å². The van der Waals surface area contributed by atoms with Crippen molar-refractivity contribution in [3.05, 3.63) is 51.8 Å². The Hall–Kier alpha value is -2.14. The molecule has 1 saturated heterocycles. The number of aromatic nitrogens is 2.